The number of nitrogens with one attached hydrogen (secondary N) is 1. The van der Waals surface area contributed by atoms with E-state index in [0.717, 1.165) is 30.3 Å². The Bertz CT molecular complexity index is 1690. The van der Waals surface area contributed by atoms with Crippen molar-refractivity contribution < 1.29 is 28.2 Å². The molecule has 3 aliphatic carbocycles. The number of rotatable bonds is 11. The highest BCUT2D eigenvalue weighted by atomic mass is 32.2. The van der Waals surface area contributed by atoms with Crippen molar-refractivity contribution in [1.82, 2.24) is 10.2 Å². The lowest BCUT2D eigenvalue weighted by Crippen LogP contribution is -2.63. The van der Waals surface area contributed by atoms with Crippen LogP contribution in [0.4, 0.5) is 5.69 Å². The Labute approximate surface area is 265 Å². The Morgan fingerprint density at radius 2 is 1.76 bits per heavy atom. The molecule has 3 N–H and O–H groups in total. The number of carboxylic acids is 1. The number of aliphatic carboxylic acids is 1. The predicted octanol–water partition coefficient (Wildman–Crippen LogP) is 4.82. The maximum absolute atomic E-state index is 14.2. The van der Waals surface area contributed by atoms with Crippen molar-refractivity contribution in [2.45, 2.75) is 95.1 Å². The lowest BCUT2D eigenvalue weighted by Gasteiger charge is -2.54. The third kappa shape index (κ3) is 4.65. The average Bonchev–Trinajstić information content (AvgIpc) is 3.38. The maximum atomic E-state index is 14.2. The third-order valence-electron chi connectivity index (χ3n) is 12.3. The molecule has 1 amide bonds. The first-order valence-corrected chi connectivity index (χ1v) is 18.1. The molecule has 10 heteroatoms. The van der Waals surface area contributed by atoms with Crippen LogP contribution in [0.25, 0.3) is 10.8 Å². The predicted molar refractivity (Wildman–Crippen MR) is 172 cm³/mol. The van der Waals surface area contributed by atoms with Gasteiger partial charge < -0.3 is 20.4 Å². The maximum Gasteiger partial charge on any atom is 0.352 e. The molecule has 3 aliphatic heterocycles. The second kappa shape index (κ2) is 10.8. The summed E-state index contributed by atoms with van der Waals surface area (Å²) in [6.45, 7) is 4.29. The van der Waals surface area contributed by atoms with Gasteiger partial charge in [0, 0.05) is 11.3 Å². The highest BCUT2D eigenvalue weighted by Gasteiger charge is 2.60. The molecule has 3 saturated carbocycles. The molecule has 4 atom stereocenters. The fraction of sp³-hybridized carbons (Fsp3) is 0.600. The molecule has 0 spiro atoms. The number of carbonyl (C=O) groups is 2. The Kier molecular flexibility index (Phi) is 7.37. The zero-order chi connectivity index (χ0) is 31.9. The fourth-order valence-electron chi connectivity index (χ4n) is 9.55. The first kappa shape index (κ1) is 30.7. The number of carboxylic acid groups (broad SMARTS) is 1. The molecule has 2 aromatic rings. The summed E-state index contributed by atoms with van der Waals surface area (Å²) in [7, 11) is -1.94. The van der Waals surface area contributed by atoms with Gasteiger partial charge in [0.2, 0.25) is 5.91 Å². The molecule has 0 radical (unpaired) electrons. The molecule has 45 heavy (non-hydrogen) atoms. The minimum Gasteiger partial charge on any atom is -0.477 e. The Morgan fingerprint density at radius 3 is 2.38 bits per heavy atom. The first-order chi connectivity index (χ1) is 21.4. The molecular weight excluding hydrogens is 590 g/mol. The van der Waals surface area contributed by atoms with E-state index in [1.54, 1.807) is 6.07 Å². The zero-order valence-corrected chi connectivity index (χ0v) is 27.3. The summed E-state index contributed by atoms with van der Waals surface area (Å²) in [5, 5.41) is 25.2. The van der Waals surface area contributed by atoms with Crippen molar-refractivity contribution in [3.05, 3.63) is 47.2 Å². The number of fused-ring (bicyclic) bond motifs is 4. The van der Waals surface area contributed by atoms with E-state index in [1.165, 1.54) is 67.5 Å². The summed E-state index contributed by atoms with van der Waals surface area (Å²) in [4.78, 5) is 26.8. The van der Waals surface area contributed by atoms with Crippen LogP contribution >= 0.6 is 0 Å². The number of sulfonamides is 1. The van der Waals surface area contributed by atoms with E-state index in [0.29, 0.717) is 27.5 Å². The van der Waals surface area contributed by atoms with Gasteiger partial charge in [0.25, 0.3) is 10.0 Å². The van der Waals surface area contributed by atoms with Gasteiger partial charge in [0.1, 0.15) is 5.70 Å². The number of nitrogens with zero attached hydrogens (tertiary/aromatic N) is 2. The number of aliphatic hydroxyl groups is 1. The van der Waals surface area contributed by atoms with Gasteiger partial charge in [-0.15, -0.1) is 0 Å². The third-order valence-corrected chi connectivity index (χ3v) is 14.1. The molecule has 1 saturated heterocycles. The number of benzene rings is 2. The number of aryl methyl sites for hydroxylation is 1. The molecule has 2 bridgehead atoms. The minimum atomic E-state index is -3.97. The molecule has 0 aromatic heterocycles. The average molecular weight is 636 g/mol. The van der Waals surface area contributed by atoms with Gasteiger partial charge in [0.15, 0.2) is 0 Å². The van der Waals surface area contributed by atoms with Crippen molar-refractivity contribution in [2.24, 2.45) is 22.7 Å². The highest BCUT2D eigenvalue weighted by Crippen LogP contribution is 2.60. The van der Waals surface area contributed by atoms with Crippen LogP contribution in [0.15, 0.2) is 46.5 Å². The van der Waals surface area contributed by atoms with E-state index in [2.05, 4.69) is 11.4 Å². The van der Waals surface area contributed by atoms with Crippen molar-refractivity contribution in [1.29, 1.82) is 0 Å². The van der Waals surface area contributed by atoms with Crippen molar-refractivity contribution in [2.75, 3.05) is 24.4 Å². The number of hydrogen-bond donors (Lipinski definition) is 3. The van der Waals surface area contributed by atoms with Crippen molar-refractivity contribution >= 4 is 38.4 Å². The van der Waals surface area contributed by atoms with Crippen LogP contribution in [0.3, 0.4) is 0 Å². The fourth-order valence-corrected chi connectivity index (χ4v) is 11.3. The molecule has 9 nitrogen and oxygen atoms in total. The highest BCUT2D eigenvalue weighted by molar-refractivity contribution is 7.93. The quantitative estimate of drug-likeness (QED) is 0.239. The second-order valence-corrected chi connectivity index (χ2v) is 16.5. The summed E-state index contributed by atoms with van der Waals surface area (Å²) in [6.07, 6.45) is 11.2. The summed E-state index contributed by atoms with van der Waals surface area (Å²) in [6, 6.07) is 9.08. The van der Waals surface area contributed by atoms with Crippen LogP contribution in [0.1, 0.15) is 77.2 Å². The van der Waals surface area contributed by atoms with E-state index in [1.807, 2.05) is 32.2 Å². The van der Waals surface area contributed by atoms with E-state index in [4.69, 9.17) is 0 Å². The van der Waals surface area contributed by atoms with E-state index >= 15 is 0 Å². The Morgan fingerprint density at radius 1 is 1.09 bits per heavy atom. The molecule has 4 fully saturated rings. The Hall–Kier alpha value is -2.95. The van der Waals surface area contributed by atoms with Gasteiger partial charge >= 0.3 is 5.97 Å². The van der Waals surface area contributed by atoms with E-state index in [9.17, 15) is 28.2 Å². The second-order valence-electron chi connectivity index (χ2n) is 14.6. The number of hydrogen-bond acceptors (Lipinski definition) is 6. The number of anilines is 1. The lowest BCUT2D eigenvalue weighted by molar-refractivity contribution is -0.163. The summed E-state index contributed by atoms with van der Waals surface area (Å²) >= 11 is 0. The number of β-lactam (4-membered cyclic amide) rings is 1. The summed E-state index contributed by atoms with van der Waals surface area (Å²) < 4.78 is 29.7. The molecule has 2 aromatic carbocycles. The van der Waals surface area contributed by atoms with Crippen LogP contribution in [0.2, 0.25) is 0 Å². The Balaban J connectivity index is 1.13. The van der Waals surface area contributed by atoms with Crippen molar-refractivity contribution in [3.63, 3.8) is 0 Å². The number of amides is 1. The topological polar surface area (TPSA) is 127 Å². The molecule has 242 valence electrons. The van der Waals surface area contributed by atoms with Crippen LogP contribution in [-0.2, 0) is 26.0 Å². The monoisotopic (exact) mass is 635 g/mol. The zero-order valence-electron chi connectivity index (χ0n) is 26.5. The van der Waals surface area contributed by atoms with Crippen molar-refractivity contribution in [3.8, 4) is 0 Å². The molecule has 3 heterocycles. The van der Waals surface area contributed by atoms with Gasteiger partial charge in [-0.2, -0.15) is 0 Å². The van der Waals surface area contributed by atoms with Gasteiger partial charge in [0.05, 0.1) is 35.2 Å². The number of carbonyl (C=O) groups excluding carboxylic acids is 1. The van der Waals surface area contributed by atoms with Gasteiger partial charge in [-0.1, -0.05) is 25.1 Å². The van der Waals surface area contributed by atoms with Gasteiger partial charge in [-0.3, -0.25) is 9.10 Å². The minimum absolute atomic E-state index is 0.153. The van der Waals surface area contributed by atoms with E-state index in [-0.39, 0.29) is 17.1 Å². The first-order valence-electron chi connectivity index (χ1n) is 16.6. The summed E-state index contributed by atoms with van der Waals surface area (Å²) in [5.74, 6) is -2.79. The van der Waals surface area contributed by atoms with Crippen LogP contribution in [-0.4, -0.2) is 67.7 Å². The smallest absolute Gasteiger partial charge is 0.352 e. The van der Waals surface area contributed by atoms with Crippen LogP contribution in [0, 0.1) is 22.7 Å². The number of aliphatic hydroxyl groups excluding tert-OH is 1. The van der Waals surface area contributed by atoms with Gasteiger partial charge in [-0.05, 0) is 124 Å². The molecular formula is C35H45N3O6S. The van der Waals surface area contributed by atoms with Crippen LogP contribution in [0.5, 0.6) is 0 Å². The van der Waals surface area contributed by atoms with Crippen LogP contribution < -0.4 is 9.62 Å². The lowest BCUT2D eigenvalue weighted by atomic mass is 9.51. The molecule has 6 aliphatic rings. The normalized spacial score (nSPS) is 31.9. The summed E-state index contributed by atoms with van der Waals surface area (Å²) in [5.41, 5.74) is 2.68. The molecule has 8 rings (SSSR count). The SMILES string of the molecule is CNCCCC12CCC(CCc3cc4c5c(cccc5c3)N(CC3=C(C(=O)O)N5C(=O)C(C(C)O)C5C3C)S4(=O)=O)(CC1)CC2. The standard InChI is InChI=1S/C35H45N3O6S/c1-21-25(31(33(41)42)38-30(21)28(22(2)39)32(38)40)20-37-26-7-4-6-24-18-23(19-27(29(24)26)45(37,43)44)8-10-35-14-11-34(12-15-35,13-16-35)9-5-17-36-3/h4,6-7,18-19,21-22,28,30,36,39H,5,8-17,20H2,1-3H3,(H,41,42). The van der Waals surface area contributed by atoms with Gasteiger partial charge in [-0.25, -0.2) is 13.2 Å². The largest absolute Gasteiger partial charge is 0.477 e. The van der Waals surface area contributed by atoms with E-state index < -0.39 is 45.9 Å². The molecule has 4 unspecified atom stereocenters.